The Morgan fingerprint density at radius 3 is 2.93 bits per heavy atom. The normalized spacial score (nSPS) is 9.87. The van der Waals surface area contributed by atoms with Crippen LogP contribution in [-0.4, -0.2) is 25.6 Å². The lowest BCUT2D eigenvalue weighted by atomic mass is 10.2. The summed E-state index contributed by atoms with van der Waals surface area (Å²) in [5.41, 5.74) is 0.281. The fraction of sp³-hybridized carbons (Fsp3) is 0. The Hall–Kier alpha value is -2.02. The molecule has 0 bridgehead atoms. The molecule has 0 fully saturated rings. The van der Waals surface area contributed by atoms with Crippen LogP contribution in [0.2, 0.25) is 0 Å². The number of hydrogen-bond donors (Lipinski definition) is 2. The van der Waals surface area contributed by atoms with Crippen LogP contribution in [0.1, 0.15) is 10.4 Å². The minimum atomic E-state index is -0.357. The fourth-order valence-corrected chi connectivity index (χ4v) is 1.37. The molecule has 0 saturated heterocycles. The first kappa shape index (κ1) is 9.53. The topological polar surface area (TPSA) is 88.0 Å². The molecule has 76 valence electrons. The molecule has 0 aromatic carbocycles. The summed E-state index contributed by atoms with van der Waals surface area (Å²) in [4.78, 5) is 15.2. The maximum Gasteiger partial charge on any atom is 0.258 e. The molecular formula is C8H6N4O2S. The quantitative estimate of drug-likeness (QED) is 0.787. The maximum absolute atomic E-state index is 11.6. The Kier molecular flexibility index (Phi) is 2.55. The Morgan fingerprint density at radius 1 is 1.40 bits per heavy atom. The van der Waals surface area contributed by atoms with Crippen LogP contribution in [0.3, 0.4) is 0 Å². The van der Waals surface area contributed by atoms with Crippen LogP contribution in [0.4, 0.5) is 5.00 Å². The van der Waals surface area contributed by atoms with Crippen molar-refractivity contribution in [2.45, 2.75) is 0 Å². The van der Waals surface area contributed by atoms with Gasteiger partial charge in [0, 0.05) is 17.7 Å². The summed E-state index contributed by atoms with van der Waals surface area (Å²) in [6.45, 7) is 0. The minimum absolute atomic E-state index is 0.0509. The second-order valence-corrected chi connectivity index (χ2v) is 3.45. The van der Waals surface area contributed by atoms with Crippen molar-refractivity contribution in [1.29, 1.82) is 0 Å². The number of rotatable bonds is 2. The summed E-state index contributed by atoms with van der Waals surface area (Å²) in [5.74, 6) is -0.408. The first-order valence-corrected chi connectivity index (χ1v) is 4.76. The summed E-state index contributed by atoms with van der Waals surface area (Å²) in [7, 11) is 0. The van der Waals surface area contributed by atoms with Crippen LogP contribution in [-0.2, 0) is 0 Å². The zero-order valence-electron chi connectivity index (χ0n) is 7.41. The molecule has 0 spiro atoms. The van der Waals surface area contributed by atoms with E-state index < -0.39 is 0 Å². The largest absolute Gasteiger partial charge is 0.506 e. The molecule has 6 nitrogen and oxygen atoms in total. The second kappa shape index (κ2) is 4.01. The van der Waals surface area contributed by atoms with Gasteiger partial charge in [-0.3, -0.25) is 9.78 Å². The van der Waals surface area contributed by atoms with E-state index in [4.69, 9.17) is 5.11 Å². The van der Waals surface area contributed by atoms with E-state index in [-0.39, 0.29) is 17.2 Å². The summed E-state index contributed by atoms with van der Waals surface area (Å²) in [5, 5.41) is 15.8. The number of carbonyl (C=O) groups is 1. The van der Waals surface area contributed by atoms with E-state index in [1.54, 1.807) is 0 Å². The number of hydrogen-bond acceptors (Lipinski definition) is 6. The average molecular weight is 222 g/mol. The summed E-state index contributed by atoms with van der Waals surface area (Å²) < 4.78 is 3.60. The zero-order valence-corrected chi connectivity index (χ0v) is 8.23. The second-order valence-electron chi connectivity index (χ2n) is 2.67. The zero-order chi connectivity index (χ0) is 10.7. The third kappa shape index (κ3) is 2.26. The van der Waals surface area contributed by atoms with Gasteiger partial charge < -0.3 is 10.4 Å². The number of aromatic hydroxyl groups is 1. The van der Waals surface area contributed by atoms with Gasteiger partial charge in [-0.05, 0) is 6.07 Å². The van der Waals surface area contributed by atoms with Crippen LogP contribution >= 0.6 is 11.5 Å². The lowest BCUT2D eigenvalue weighted by Crippen LogP contribution is -2.10. The molecule has 0 aliphatic carbocycles. The van der Waals surface area contributed by atoms with Crippen LogP contribution in [0.5, 0.6) is 5.75 Å². The third-order valence-electron chi connectivity index (χ3n) is 1.58. The molecule has 15 heavy (non-hydrogen) atoms. The average Bonchev–Trinajstić information content (AvgIpc) is 2.70. The summed E-state index contributed by atoms with van der Waals surface area (Å²) in [6, 6.07) is 1.33. The van der Waals surface area contributed by atoms with E-state index in [9.17, 15) is 4.79 Å². The number of carbonyl (C=O) groups excluding carboxylic acids is 1. The molecule has 2 rings (SSSR count). The molecule has 2 N–H and O–H groups in total. The highest BCUT2D eigenvalue weighted by Crippen LogP contribution is 2.13. The highest BCUT2D eigenvalue weighted by atomic mass is 32.1. The number of pyridine rings is 1. The SMILES string of the molecule is O=C(Nc1cnns1)c1cncc(O)c1. The molecule has 7 heteroatoms. The maximum atomic E-state index is 11.6. The van der Waals surface area contributed by atoms with Gasteiger partial charge in [-0.25, -0.2) is 0 Å². The predicted molar refractivity (Wildman–Crippen MR) is 53.8 cm³/mol. The first-order chi connectivity index (χ1) is 7.25. The van der Waals surface area contributed by atoms with Crippen LogP contribution in [0.25, 0.3) is 0 Å². The van der Waals surface area contributed by atoms with E-state index in [1.165, 1.54) is 24.7 Å². The summed E-state index contributed by atoms with van der Waals surface area (Å²) >= 11 is 1.07. The van der Waals surface area contributed by atoms with Crippen molar-refractivity contribution in [3.05, 3.63) is 30.2 Å². The molecule has 2 aromatic rings. The number of nitrogens with zero attached hydrogens (tertiary/aromatic N) is 3. The van der Waals surface area contributed by atoms with Gasteiger partial charge in [0.15, 0.2) is 0 Å². The van der Waals surface area contributed by atoms with Crippen molar-refractivity contribution < 1.29 is 9.90 Å². The van der Waals surface area contributed by atoms with Crippen LogP contribution < -0.4 is 5.32 Å². The molecule has 2 aromatic heterocycles. The molecular weight excluding hydrogens is 216 g/mol. The van der Waals surface area contributed by atoms with Gasteiger partial charge in [0.2, 0.25) is 0 Å². The highest BCUT2D eigenvalue weighted by Gasteiger charge is 2.08. The van der Waals surface area contributed by atoms with E-state index in [1.807, 2.05) is 0 Å². The molecule has 2 heterocycles. The Labute approximate surface area is 88.8 Å². The lowest BCUT2D eigenvalue weighted by Gasteiger charge is -2.00. The summed E-state index contributed by atoms with van der Waals surface area (Å²) in [6.07, 6.45) is 4.06. The van der Waals surface area contributed by atoms with Crippen molar-refractivity contribution in [1.82, 2.24) is 14.6 Å². The van der Waals surface area contributed by atoms with Gasteiger partial charge in [0.05, 0.1) is 18.0 Å². The first-order valence-electron chi connectivity index (χ1n) is 3.98. The third-order valence-corrected chi connectivity index (χ3v) is 2.16. The Morgan fingerprint density at radius 2 is 2.27 bits per heavy atom. The molecule has 0 radical (unpaired) electrons. The van der Waals surface area contributed by atoms with Gasteiger partial charge in [0.1, 0.15) is 10.8 Å². The van der Waals surface area contributed by atoms with E-state index in [0.717, 1.165) is 11.5 Å². The minimum Gasteiger partial charge on any atom is -0.506 e. The van der Waals surface area contributed by atoms with Crippen LogP contribution in [0, 0.1) is 0 Å². The molecule has 0 aliphatic heterocycles. The van der Waals surface area contributed by atoms with Gasteiger partial charge in [0.25, 0.3) is 5.91 Å². The van der Waals surface area contributed by atoms with Gasteiger partial charge in [-0.1, -0.05) is 4.49 Å². The van der Waals surface area contributed by atoms with Gasteiger partial charge >= 0.3 is 0 Å². The monoisotopic (exact) mass is 222 g/mol. The van der Waals surface area contributed by atoms with E-state index >= 15 is 0 Å². The number of anilines is 1. The van der Waals surface area contributed by atoms with Gasteiger partial charge in [-0.15, -0.1) is 5.10 Å². The number of aromatic nitrogens is 3. The van der Waals surface area contributed by atoms with Gasteiger partial charge in [-0.2, -0.15) is 0 Å². The van der Waals surface area contributed by atoms with Crippen LogP contribution in [0.15, 0.2) is 24.7 Å². The van der Waals surface area contributed by atoms with Crippen molar-refractivity contribution >= 4 is 22.4 Å². The molecule has 1 amide bonds. The van der Waals surface area contributed by atoms with Crippen molar-refractivity contribution in [3.8, 4) is 5.75 Å². The molecule has 0 unspecified atom stereocenters. The van der Waals surface area contributed by atoms with Crippen molar-refractivity contribution in [2.75, 3.05) is 5.32 Å². The Bertz CT molecular complexity index is 471. The van der Waals surface area contributed by atoms with E-state index in [0.29, 0.717) is 5.00 Å². The Balaban J connectivity index is 2.15. The molecule has 0 saturated carbocycles. The fourth-order valence-electron chi connectivity index (χ4n) is 0.958. The smallest absolute Gasteiger partial charge is 0.258 e. The number of nitrogens with one attached hydrogen (secondary N) is 1. The molecule has 0 atom stereocenters. The van der Waals surface area contributed by atoms with E-state index in [2.05, 4.69) is 19.9 Å². The highest BCUT2D eigenvalue weighted by molar-refractivity contribution is 7.10. The predicted octanol–water partition coefficient (Wildman–Crippen LogP) is 0.891. The van der Waals surface area contributed by atoms with Crippen molar-refractivity contribution in [2.24, 2.45) is 0 Å². The number of amides is 1. The standard InChI is InChI=1S/C8H6N4O2S/c13-6-1-5(2-9-3-6)8(14)11-7-4-10-12-15-7/h1-4,13H,(H,11,14). The lowest BCUT2D eigenvalue weighted by molar-refractivity contribution is 0.102. The van der Waals surface area contributed by atoms with Crippen molar-refractivity contribution in [3.63, 3.8) is 0 Å². The molecule has 0 aliphatic rings.